The Labute approximate surface area is 113 Å². The summed E-state index contributed by atoms with van der Waals surface area (Å²) in [7, 11) is 0. The van der Waals surface area contributed by atoms with Crippen LogP contribution in [-0.4, -0.2) is 10.9 Å². The highest BCUT2D eigenvalue weighted by Gasteiger charge is 2.30. The summed E-state index contributed by atoms with van der Waals surface area (Å²) in [6.07, 6.45) is -1.20. The summed E-state index contributed by atoms with van der Waals surface area (Å²) in [5.74, 6) is -0.421. The Balaban J connectivity index is 1.99. The van der Waals surface area contributed by atoms with Gasteiger partial charge in [-0.25, -0.2) is 0 Å². The molecule has 1 N–H and O–H groups in total. The molecule has 0 fully saturated rings. The molecule has 0 aliphatic heterocycles. The summed E-state index contributed by atoms with van der Waals surface area (Å²) >= 11 is 0. The number of carbonyl (C=O) groups is 1. The van der Waals surface area contributed by atoms with Crippen LogP contribution < -0.4 is 5.32 Å². The normalized spacial score (nSPS) is 11.2. The second-order valence-electron chi connectivity index (χ2n) is 4.11. The highest BCUT2D eigenvalue weighted by atomic mass is 19.4. The van der Waals surface area contributed by atoms with Gasteiger partial charge in [-0.05, 0) is 42.0 Å². The molecule has 1 aromatic heterocycles. The maximum atomic E-state index is 12.4. The first-order chi connectivity index (χ1) is 9.47. The van der Waals surface area contributed by atoms with E-state index in [-0.39, 0.29) is 5.56 Å². The molecule has 3 nitrogen and oxygen atoms in total. The number of hydrogen-bond acceptors (Lipinski definition) is 2. The number of benzene rings is 1. The summed E-state index contributed by atoms with van der Waals surface area (Å²) in [5.41, 5.74) is 0.274. The lowest BCUT2D eigenvalue weighted by molar-refractivity contribution is -0.137. The van der Waals surface area contributed by atoms with Crippen molar-refractivity contribution in [3.63, 3.8) is 0 Å². The van der Waals surface area contributed by atoms with Gasteiger partial charge >= 0.3 is 6.18 Å². The molecule has 0 bridgehead atoms. The zero-order chi connectivity index (χ0) is 14.6. The van der Waals surface area contributed by atoms with Gasteiger partial charge in [0, 0.05) is 24.5 Å². The predicted octanol–water partition coefficient (Wildman–Crippen LogP) is 3.03. The number of pyridine rings is 1. The Hall–Kier alpha value is -2.37. The smallest absolute Gasteiger partial charge is 0.348 e. The van der Waals surface area contributed by atoms with E-state index in [1.54, 1.807) is 24.5 Å². The number of hydrogen-bond donors (Lipinski definition) is 1. The number of nitrogens with one attached hydrogen (secondary N) is 1. The van der Waals surface area contributed by atoms with Gasteiger partial charge in [-0.2, -0.15) is 13.2 Å². The van der Waals surface area contributed by atoms with Crippen LogP contribution in [0, 0.1) is 0 Å². The Kier molecular flexibility index (Phi) is 4.02. The zero-order valence-corrected chi connectivity index (χ0v) is 10.3. The second kappa shape index (κ2) is 5.73. The van der Waals surface area contributed by atoms with Crippen LogP contribution in [-0.2, 0) is 12.7 Å². The highest BCUT2D eigenvalue weighted by Crippen LogP contribution is 2.29. The number of carbonyl (C=O) groups excluding carboxylic acids is 1. The van der Waals surface area contributed by atoms with E-state index in [4.69, 9.17) is 0 Å². The molecule has 0 radical (unpaired) electrons. The molecular weight excluding hydrogens is 269 g/mol. The first kappa shape index (κ1) is 14.0. The van der Waals surface area contributed by atoms with E-state index in [0.29, 0.717) is 6.54 Å². The summed E-state index contributed by atoms with van der Waals surface area (Å²) in [6, 6.07) is 7.58. The molecule has 1 heterocycles. The predicted molar refractivity (Wildman–Crippen MR) is 66.9 cm³/mol. The molecule has 104 valence electrons. The van der Waals surface area contributed by atoms with Crippen LogP contribution in [0.2, 0.25) is 0 Å². The Morgan fingerprint density at radius 3 is 2.20 bits per heavy atom. The summed E-state index contributed by atoms with van der Waals surface area (Å²) in [5, 5.41) is 2.63. The second-order valence-corrected chi connectivity index (χ2v) is 4.11. The van der Waals surface area contributed by atoms with Gasteiger partial charge < -0.3 is 5.32 Å². The minimum Gasteiger partial charge on any atom is -0.348 e. The van der Waals surface area contributed by atoms with Crippen molar-refractivity contribution in [2.45, 2.75) is 12.7 Å². The van der Waals surface area contributed by atoms with Crippen molar-refractivity contribution < 1.29 is 18.0 Å². The molecule has 0 unspecified atom stereocenters. The van der Waals surface area contributed by atoms with E-state index in [0.717, 1.165) is 29.8 Å². The maximum absolute atomic E-state index is 12.4. The van der Waals surface area contributed by atoms with Gasteiger partial charge in [0.15, 0.2) is 0 Å². The zero-order valence-electron chi connectivity index (χ0n) is 10.3. The lowest BCUT2D eigenvalue weighted by Gasteiger charge is -2.08. The number of nitrogens with zero attached hydrogens (tertiary/aromatic N) is 1. The molecule has 20 heavy (non-hydrogen) atoms. The van der Waals surface area contributed by atoms with E-state index in [2.05, 4.69) is 10.3 Å². The molecule has 6 heteroatoms. The van der Waals surface area contributed by atoms with Crippen LogP contribution in [0.5, 0.6) is 0 Å². The quantitative estimate of drug-likeness (QED) is 0.939. The summed E-state index contributed by atoms with van der Waals surface area (Å²) in [6.45, 7) is 0.294. The Morgan fingerprint density at radius 2 is 1.65 bits per heavy atom. The van der Waals surface area contributed by atoms with E-state index in [1.165, 1.54) is 0 Å². The van der Waals surface area contributed by atoms with Gasteiger partial charge in [0.2, 0.25) is 0 Å². The van der Waals surface area contributed by atoms with Gasteiger partial charge in [-0.3, -0.25) is 9.78 Å². The van der Waals surface area contributed by atoms with Gasteiger partial charge in [0.1, 0.15) is 0 Å². The lowest BCUT2D eigenvalue weighted by Crippen LogP contribution is -2.22. The molecule has 1 amide bonds. The Morgan fingerprint density at radius 1 is 1.05 bits per heavy atom. The maximum Gasteiger partial charge on any atom is 0.416 e. The van der Waals surface area contributed by atoms with Crippen molar-refractivity contribution in [1.82, 2.24) is 10.3 Å². The van der Waals surface area contributed by atoms with Crippen molar-refractivity contribution in [1.29, 1.82) is 0 Å². The fourth-order valence-electron chi connectivity index (χ4n) is 1.60. The monoisotopic (exact) mass is 280 g/mol. The van der Waals surface area contributed by atoms with E-state index < -0.39 is 17.6 Å². The van der Waals surface area contributed by atoms with E-state index in [1.807, 2.05) is 0 Å². The van der Waals surface area contributed by atoms with Crippen molar-refractivity contribution >= 4 is 5.91 Å². The van der Waals surface area contributed by atoms with Crippen LogP contribution in [0.3, 0.4) is 0 Å². The van der Waals surface area contributed by atoms with Crippen LogP contribution in [0.15, 0.2) is 48.8 Å². The fourth-order valence-corrected chi connectivity index (χ4v) is 1.60. The minimum absolute atomic E-state index is 0.187. The van der Waals surface area contributed by atoms with Crippen molar-refractivity contribution in [3.8, 4) is 0 Å². The first-order valence-electron chi connectivity index (χ1n) is 5.81. The van der Waals surface area contributed by atoms with Gasteiger partial charge in [0.05, 0.1) is 5.56 Å². The number of aromatic nitrogens is 1. The van der Waals surface area contributed by atoms with Crippen LogP contribution in [0.4, 0.5) is 13.2 Å². The summed E-state index contributed by atoms with van der Waals surface area (Å²) < 4.78 is 37.2. The standard InChI is InChI=1S/C14H11F3N2O/c15-14(16,17)12-3-1-11(2-4-12)13(20)19-9-10-5-7-18-8-6-10/h1-8H,9H2,(H,19,20). The average Bonchev–Trinajstić information content (AvgIpc) is 2.45. The molecule has 2 aromatic rings. The molecule has 0 aliphatic carbocycles. The molecule has 0 aliphatic rings. The SMILES string of the molecule is O=C(NCc1ccncc1)c1ccc(C(F)(F)F)cc1. The van der Waals surface area contributed by atoms with Crippen molar-refractivity contribution in [3.05, 3.63) is 65.5 Å². The number of rotatable bonds is 3. The molecular formula is C14H11F3N2O. The third kappa shape index (κ3) is 3.57. The molecule has 1 aromatic carbocycles. The largest absolute Gasteiger partial charge is 0.416 e. The molecule has 2 rings (SSSR count). The third-order valence-electron chi connectivity index (χ3n) is 2.68. The van der Waals surface area contributed by atoms with E-state index >= 15 is 0 Å². The fraction of sp³-hybridized carbons (Fsp3) is 0.143. The highest BCUT2D eigenvalue weighted by molar-refractivity contribution is 5.94. The topological polar surface area (TPSA) is 42.0 Å². The van der Waals surface area contributed by atoms with Crippen molar-refractivity contribution in [2.75, 3.05) is 0 Å². The van der Waals surface area contributed by atoms with Crippen LogP contribution in [0.1, 0.15) is 21.5 Å². The molecule has 0 atom stereocenters. The summed E-state index contributed by atoms with van der Waals surface area (Å²) in [4.78, 5) is 15.6. The number of alkyl halides is 3. The average molecular weight is 280 g/mol. The van der Waals surface area contributed by atoms with E-state index in [9.17, 15) is 18.0 Å². The molecule has 0 spiro atoms. The van der Waals surface area contributed by atoms with Crippen molar-refractivity contribution in [2.24, 2.45) is 0 Å². The third-order valence-corrected chi connectivity index (χ3v) is 2.68. The van der Waals surface area contributed by atoms with Gasteiger partial charge in [-0.1, -0.05) is 0 Å². The molecule has 0 saturated heterocycles. The minimum atomic E-state index is -4.40. The first-order valence-corrected chi connectivity index (χ1v) is 5.81. The van der Waals surface area contributed by atoms with Crippen LogP contribution >= 0.6 is 0 Å². The van der Waals surface area contributed by atoms with Gasteiger partial charge in [-0.15, -0.1) is 0 Å². The number of amides is 1. The lowest BCUT2D eigenvalue weighted by atomic mass is 10.1. The van der Waals surface area contributed by atoms with Gasteiger partial charge in [0.25, 0.3) is 5.91 Å². The molecule has 0 saturated carbocycles. The Bertz CT molecular complexity index is 580. The number of halogens is 3. The van der Waals surface area contributed by atoms with Crippen LogP contribution in [0.25, 0.3) is 0 Å².